The van der Waals surface area contributed by atoms with Crippen LogP contribution in [-0.4, -0.2) is 66.0 Å². The zero-order chi connectivity index (χ0) is 9.84. The van der Waals surface area contributed by atoms with Gasteiger partial charge in [0, 0.05) is 19.6 Å². The summed E-state index contributed by atoms with van der Waals surface area (Å²) in [6, 6.07) is -0.0926. The predicted molar refractivity (Wildman–Crippen MR) is 50.8 cm³/mol. The minimum absolute atomic E-state index is 0.000213. The third-order valence-electron chi connectivity index (χ3n) is 2.33. The molecule has 1 aliphatic rings. The number of hydrogen-bond donors (Lipinski definition) is 1. The Balaban J connectivity index is 2.57. The van der Waals surface area contributed by atoms with Gasteiger partial charge in [-0.2, -0.15) is 0 Å². The summed E-state index contributed by atoms with van der Waals surface area (Å²) in [5, 5.41) is 9.06. The van der Waals surface area contributed by atoms with Gasteiger partial charge in [0.15, 0.2) is 0 Å². The summed E-state index contributed by atoms with van der Waals surface area (Å²) < 4.78 is 0. The number of aliphatic hydroxyl groups excluding tert-OH is 1. The fourth-order valence-electron chi connectivity index (χ4n) is 1.57. The predicted octanol–water partition coefficient (Wildman–Crippen LogP) is -0.640. The largest absolute Gasteiger partial charge is 0.394 e. The van der Waals surface area contributed by atoms with Gasteiger partial charge in [-0.1, -0.05) is 0 Å². The first kappa shape index (κ1) is 10.8. The van der Waals surface area contributed by atoms with E-state index >= 15 is 0 Å². The van der Waals surface area contributed by atoms with E-state index in [0.717, 1.165) is 13.1 Å². The second kappa shape index (κ2) is 4.79. The molecule has 0 spiro atoms. The van der Waals surface area contributed by atoms with Crippen LogP contribution < -0.4 is 0 Å². The number of hydrogen-bond acceptors (Lipinski definition) is 3. The Bertz CT molecular complexity index is 189. The maximum absolute atomic E-state index is 11.3. The van der Waals surface area contributed by atoms with E-state index in [0.29, 0.717) is 6.54 Å². The fourth-order valence-corrected chi connectivity index (χ4v) is 1.73. The first-order chi connectivity index (χ1) is 6.19. The lowest BCUT2D eigenvalue weighted by Gasteiger charge is -2.38. The minimum atomic E-state index is -0.0926. The van der Waals surface area contributed by atoms with Crippen LogP contribution in [0, 0.1) is 0 Å². The Morgan fingerprint density at radius 1 is 1.62 bits per heavy atom. The highest BCUT2D eigenvalue weighted by Crippen LogP contribution is 2.08. The van der Waals surface area contributed by atoms with E-state index in [4.69, 9.17) is 16.7 Å². The maximum atomic E-state index is 11.3. The molecule has 1 N–H and O–H groups in total. The van der Waals surface area contributed by atoms with Crippen molar-refractivity contribution in [2.45, 2.75) is 6.04 Å². The van der Waals surface area contributed by atoms with Gasteiger partial charge in [0.1, 0.15) is 5.88 Å². The van der Waals surface area contributed by atoms with E-state index in [1.807, 2.05) is 7.05 Å². The molecular formula is C8H15ClN2O2. The SMILES string of the molecule is CN1CCN(C(=O)CCl)C(CO)C1. The van der Waals surface area contributed by atoms with Gasteiger partial charge in [-0.05, 0) is 7.05 Å². The van der Waals surface area contributed by atoms with Crippen molar-refractivity contribution >= 4 is 17.5 Å². The summed E-state index contributed by atoms with van der Waals surface area (Å²) in [6.07, 6.45) is 0. The highest BCUT2D eigenvalue weighted by molar-refractivity contribution is 6.27. The number of carbonyl (C=O) groups is 1. The van der Waals surface area contributed by atoms with Crippen molar-refractivity contribution < 1.29 is 9.90 Å². The highest BCUT2D eigenvalue weighted by Gasteiger charge is 2.27. The number of likely N-dealkylation sites (N-methyl/N-ethyl adjacent to an activating group) is 1. The number of rotatable bonds is 2. The average molecular weight is 207 g/mol. The monoisotopic (exact) mass is 206 g/mol. The number of halogens is 1. The van der Waals surface area contributed by atoms with Gasteiger partial charge >= 0.3 is 0 Å². The Morgan fingerprint density at radius 2 is 2.31 bits per heavy atom. The zero-order valence-corrected chi connectivity index (χ0v) is 8.50. The molecule has 0 radical (unpaired) electrons. The van der Waals surface area contributed by atoms with E-state index in [2.05, 4.69) is 4.90 Å². The molecule has 1 heterocycles. The van der Waals surface area contributed by atoms with Gasteiger partial charge < -0.3 is 14.9 Å². The Hall–Kier alpha value is -0.320. The number of alkyl halides is 1. The van der Waals surface area contributed by atoms with E-state index in [9.17, 15) is 4.79 Å². The molecule has 0 saturated carbocycles. The topological polar surface area (TPSA) is 43.8 Å². The van der Waals surface area contributed by atoms with Crippen LogP contribution in [0.3, 0.4) is 0 Å². The summed E-state index contributed by atoms with van der Waals surface area (Å²) in [5.41, 5.74) is 0. The third kappa shape index (κ3) is 2.56. The molecule has 4 nitrogen and oxygen atoms in total. The number of carbonyl (C=O) groups excluding carboxylic acids is 1. The Labute approximate surface area is 83.1 Å². The van der Waals surface area contributed by atoms with Crippen LogP contribution in [0.1, 0.15) is 0 Å². The van der Waals surface area contributed by atoms with Gasteiger partial charge in [0.2, 0.25) is 5.91 Å². The van der Waals surface area contributed by atoms with Gasteiger partial charge in [-0.3, -0.25) is 4.79 Å². The van der Waals surface area contributed by atoms with Crippen LogP contribution in [-0.2, 0) is 4.79 Å². The third-order valence-corrected chi connectivity index (χ3v) is 2.56. The van der Waals surface area contributed by atoms with Crippen molar-refractivity contribution in [3.8, 4) is 0 Å². The molecule has 5 heteroatoms. The van der Waals surface area contributed by atoms with Crippen LogP contribution in [0.25, 0.3) is 0 Å². The van der Waals surface area contributed by atoms with Gasteiger partial charge in [0.25, 0.3) is 0 Å². The second-order valence-corrected chi connectivity index (χ2v) is 3.59. The fraction of sp³-hybridized carbons (Fsp3) is 0.875. The van der Waals surface area contributed by atoms with Gasteiger partial charge in [0.05, 0.1) is 12.6 Å². The van der Waals surface area contributed by atoms with E-state index in [1.165, 1.54) is 0 Å². The summed E-state index contributed by atoms with van der Waals surface area (Å²) in [6.45, 7) is 2.23. The number of amides is 1. The first-order valence-electron chi connectivity index (χ1n) is 4.34. The van der Waals surface area contributed by atoms with Crippen molar-refractivity contribution in [1.29, 1.82) is 0 Å². The van der Waals surface area contributed by atoms with Crippen LogP contribution in [0.5, 0.6) is 0 Å². The lowest BCUT2D eigenvalue weighted by molar-refractivity contribution is -0.134. The summed E-state index contributed by atoms with van der Waals surface area (Å²) >= 11 is 5.46. The lowest BCUT2D eigenvalue weighted by Crippen LogP contribution is -2.55. The van der Waals surface area contributed by atoms with Crippen molar-refractivity contribution in [3.63, 3.8) is 0 Å². The molecular weight excluding hydrogens is 192 g/mol. The van der Waals surface area contributed by atoms with E-state index in [-0.39, 0.29) is 24.4 Å². The van der Waals surface area contributed by atoms with Crippen LogP contribution in [0.4, 0.5) is 0 Å². The van der Waals surface area contributed by atoms with E-state index < -0.39 is 0 Å². The number of piperazine rings is 1. The Kier molecular flexibility index (Phi) is 3.96. The van der Waals surface area contributed by atoms with Crippen LogP contribution in [0.2, 0.25) is 0 Å². The Morgan fingerprint density at radius 3 is 2.85 bits per heavy atom. The number of nitrogens with zero attached hydrogens (tertiary/aromatic N) is 2. The molecule has 1 saturated heterocycles. The summed E-state index contributed by atoms with van der Waals surface area (Å²) in [7, 11) is 1.98. The molecule has 76 valence electrons. The molecule has 0 aromatic heterocycles. The molecule has 0 aromatic carbocycles. The zero-order valence-electron chi connectivity index (χ0n) is 7.74. The highest BCUT2D eigenvalue weighted by atomic mass is 35.5. The molecule has 1 rings (SSSR count). The molecule has 0 bridgehead atoms. The van der Waals surface area contributed by atoms with E-state index in [1.54, 1.807) is 4.90 Å². The number of aliphatic hydroxyl groups is 1. The molecule has 1 fully saturated rings. The molecule has 0 aliphatic carbocycles. The standard InChI is InChI=1S/C8H15ClN2O2/c1-10-2-3-11(8(13)4-9)7(5-10)6-12/h7,12H,2-6H2,1H3. The molecule has 1 aliphatic heterocycles. The van der Waals surface area contributed by atoms with Crippen molar-refractivity contribution in [1.82, 2.24) is 9.80 Å². The van der Waals surface area contributed by atoms with Gasteiger partial charge in [-0.15, -0.1) is 11.6 Å². The maximum Gasteiger partial charge on any atom is 0.237 e. The first-order valence-corrected chi connectivity index (χ1v) is 4.87. The summed E-state index contributed by atoms with van der Waals surface area (Å²) in [5.74, 6) is -0.0888. The van der Waals surface area contributed by atoms with Crippen molar-refractivity contribution in [2.75, 3.05) is 39.2 Å². The van der Waals surface area contributed by atoms with Crippen molar-refractivity contribution in [2.24, 2.45) is 0 Å². The van der Waals surface area contributed by atoms with Crippen LogP contribution in [0.15, 0.2) is 0 Å². The molecule has 1 amide bonds. The van der Waals surface area contributed by atoms with Crippen LogP contribution >= 0.6 is 11.6 Å². The molecule has 1 atom stereocenters. The molecule has 0 aromatic rings. The van der Waals surface area contributed by atoms with Gasteiger partial charge in [-0.25, -0.2) is 0 Å². The normalized spacial score (nSPS) is 24.8. The second-order valence-electron chi connectivity index (χ2n) is 3.32. The van der Waals surface area contributed by atoms with Crippen molar-refractivity contribution in [3.05, 3.63) is 0 Å². The smallest absolute Gasteiger partial charge is 0.237 e. The quantitative estimate of drug-likeness (QED) is 0.612. The average Bonchev–Trinajstić information content (AvgIpc) is 2.16. The minimum Gasteiger partial charge on any atom is -0.394 e. The summed E-state index contributed by atoms with van der Waals surface area (Å²) in [4.78, 5) is 15.1. The molecule has 1 unspecified atom stereocenters. The molecule has 13 heavy (non-hydrogen) atoms. The lowest BCUT2D eigenvalue weighted by atomic mass is 10.2.